The van der Waals surface area contributed by atoms with Crippen molar-refractivity contribution >= 4 is 17.5 Å². The van der Waals surface area contributed by atoms with E-state index in [2.05, 4.69) is 15.8 Å². The maximum Gasteiger partial charge on any atom is 0.258 e. The Morgan fingerprint density at radius 1 is 1.36 bits per heavy atom. The number of piperidine rings is 1. The number of rotatable bonds is 0. The lowest BCUT2D eigenvalue weighted by molar-refractivity contribution is -0.131. The highest BCUT2D eigenvalue weighted by atomic mass is 16.2. The van der Waals surface area contributed by atoms with Gasteiger partial charge in [0.25, 0.3) is 5.91 Å². The Morgan fingerprint density at radius 3 is 2.91 bits per heavy atom. The minimum absolute atomic E-state index is 0.231. The number of hydrogen-bond donors (Lipinski definition) is 2. The Labute approximate surface area is 62.8 Å². The molecule has 2 aliphatic rings. The normalized spacial score (nSPS) is 28.7. The second-order valence-corrected chi connectivity index (χ2v) is 2.55. The van der Waals surface area contributed by atoms with E-state index in [0.717, 1.165) is 0 Å². The highest BCUT2D eigenvalue weighted by Crippen LogP contribution is 2.13. The van der Waals surface area contributed by atoms with Gasteiger partial charge in [-0.3, -0.25) is 9.59 Å². The minimum atomic E-state index is -0.649. The molecule has 5 nitrogen and oxygen atoms in total. The van der Waals surface area contributed by atoms with Crippen LogP contribution in [0.15, 0.2) is 5.10 Å². The molecule has 0 aromatic carbocycles. The quantitative estimate of drug-likeness (QED) is 0.420. The predicted octanol–water partition coefficient (Wildman–Crippen LogP) is -1.39. The average Bonchev–Trinajstić information content (AvgIpc) is 2.34. The maximum absolute atomic E-state index is 11.0. The first kappa shape index (κ1) is 6.33. The van der Waals surface area contributed by atoms with Crippen LogP contribution in [0.5, 0.6) is 0 Å². The number of carbonyl (C=O) groups excluding carboxylic acids is 2. The summed E-state index contributed by atoms with van der Waals surface area (Å²) >= 11 is 0. The summed E-state index contributed by atoms with van der Waals surface area (Å²) in [5.74, 6) is -1.19. The smallest absolute Gasteiger partial charge is 0.258 e. The van der Waals surface area contributed by atoms with Crippen LogP contribution in [0.2, 0.25) is 0 Å². The number of fused-ring (bicyclic) bond motifs is 1. The molecule has 2 rings (SSSR count). The molecule has 11 heavy (non-hydrogen) atoms. The van der Waals surface area contributed by atoms with Crippen LogP contribution < -0.4 is 10.7 Å². The van der Waals surface area contributed by atoms with Crippen LogP contribution in [-0.2, 0) is 9.59 Å². The van der Waals surface area contributed by atoms with E-state index in [-0.39, 0.29) is 11.8 Å². The zero-order chi connectivity index (χ0) is 7.84. The number of hydrazone groups is 1. The maximum atomic E-state index is 11.0. The Kier molecular flexibility index (Phi) is 1.18. The van der Waals surface area contributed by atoms with E-state index < -0.39 is 5.92 Å². The summed E-state index contributed by atoms with van der Waals surface area (Å²) in [5, 5.41) is 6.35. The fourth-order valence-electron chi connectivity index (χ4n) is 1.29. The van der Waals surface area contributed by atoms with Gasteiger partial charge in [-0.25, -0.2) is 5.43 Å². The van der Waals surface area contributed by atoms with Gasteiger partial charge in [-0.1, -0.05) is 0 Å². The highest BCUT2D eigenvalue weighted by Gasteiger charge is 2.38. The second kappa shape index (κ2) is 2.05. The van der Waals surface area contributed by atoms with Gasteiger partial charge in [-0.2, -0.15) is 5.10 Å². The van der Waals surface area contributed by atoms with E-state index in [9.17, 15) is 9.59 Å². The number of nitrogens with zero attached hydrogens (tertiary/aromatic N) is 1. The lowest BCUT2D eigenvalue weighted by atomic mass is 9.97. The first-order valence-electron chi connectivity index (χ1n) is 3.43. The van der Waals surface area contributed by atoms with Crippen molar-refractivity contribution in [3.8, 4) is 0 Å². The molecule has 2 heterocycles. The third-order valence-electron chi connectivity index (χ3n) is 1.85. The van der Waals surface area contributed by atoms with Crippen molar-refractivity contribution in [3.05, 3.63) is 0 Å². The first-order valence-corrected chi connectivity index (χ1v) is 3.43. The summed E-state index contributed by atoms with van der Waals surface area (Å²) in [4.78, 5) is 22.0. The molecule has 2 N–H and O–H groups in total. The molecule has 0 aromatic heterocycles. The van der Waals surface area contributed by atoms with Crippen LogP contribution in [0.1, 0.15) is 6.42 Å². The second-order valence-electron chi connectivity index (χ2n) is 2.55. The zero-order valence-corrected chi connectivity index (χ0v) is 5.76. The molecule has 0 spiro atoms. The van der Waals surface area contributed by atoms with Crippen LogP contribution in [0.4, 0.5) is 0 Å². The van der Waals surface area contributed by atoms with Crippen LogP contribution in [0, 0.1) is 5.92 Å². The molecule has 2 amide bonds. The molecule has 1 fully saturated rings. The highest BCUT2D eigenvalue weighted by molar-refractivity contribution is 6.23. The van der Waals surface area contributed by atoms with Crippen LogP contribution in [0.25, 0.3) is 0 Å². The van der Waals surface area contributed by atoms with E-state index in [1.807, 2.05) is 0 Å². The third-order valence-corrected chi connectivity index (χ3v) is 1.85. The molecule has 0 aromatic rings. The minimum Gasteiger partial charge on any atom is -0.355 e. The number of amides is 2. The van der Waals surface area contributed by atoms with Gasteiger partial charge in [0.1, 0.15) is 0 Å². The fraction of sp³-hybridized carbons (Fsp3) is 0.500. The molecule has 2 aliphatic heterocycles. The molecular formula is C6H7N3O2. The molecule has 58 valence electrons. The molecule has 0 aliphatic carbocycles. The van der Waals surface area contributed by atoms with Crippen LogP contribution in [-0.4, -0.2) is 24.1 Å². The standard InChI is InChI=1S/C6H7N3O2/c10-5-4-3(1-2-7-5)8-9-6(4)11/h4H,1-2H2,(H,7,10)(H,9,11). The lowest BCUT2D eigenvalue weighted by Gasteiger charge is -2.16. The number of carbonyl (C=O) groups is 2. The largest absolute Gasteiger partial charge is 0.355 e. The molecular weight excluding hydrogens is 146 g/mol. The Bertz CT molecular complexity index is 259. The predicted molar refractivity (Wildman–Crippen MR) is 36.7 cm³/mol. The molecule has 0 bridgehead atoms. The van der Waals surface area contributed by atoms with Gasteiger partial charge in [0.2, 0.25) is 5.91 Å². The zero-order valence-electron chi connectivity index (χ0n) is 5.76. The molecule has 1 atom stereocenters. The summed E-state index contributed by atoms with van der Waals surface area (Å²) < 4.78 is 0. The van der Waals surface area contributed by atoms with E-state index >= 15 is 0 Å². The van der Waals surface area contributed by atoms with Gasteiger partial charge in [-0.05, 0) is 0 Å². The van der Waals surface area contributed by atoms with E-state index in [1.165, 1.54) is 0 Å². The van der Waals surface area contributed by atoms with Crippen molar-refractivity contribution in [2.45, 2.75) is 6.42 Å². The topological polar surface area (TPSA) is 70.6 Å². The number of nitrogens with one attached hydrogen (secondary N) is 2. The van der Waals surface area contributed by atoms with E-state index in [1.54, 1.807) is 0 Å². The van der Waals surface area contributed by atoms with E-state index in [4.69, 9.17) is 0 Å². The van der Waals surface area contributed by atoms with Crippen molar-refractivity contribution in [3.63, 3.8) is 0 Å². The third kappa shape index (κ3) is 0.806. The first-order chi connectivity index (χ1) is 5.29. The Morgan fingerprint density at radius 2 is 2.18 bits per heavy atom. The Hall–Kier alpha value is -1.39. The summed E-state index contributed by atoms with van der Waals surface area (Å²) in [7, 11) is 0. The van der Waals surface area contributed by atoms with Crippen molar-refractivity contribution in [1.82, 2.24) is 10.7 Å². The Balaban J connectivity index is 2.30. The number of hydrogen-bond acceptors (Lipinski definition) is 3. The van der Waals surface area contributed by atoms with Crippen LogP contribution >= 0.6 is 0 Å². The summed E-state index contributed by atoms with van der Waals surface area (Å²) in [6.07, 6.45) is 0.676. The van der Waals surface area contributed by atoms with Crippen molar-refractivity contribution in [2.24, 2.45) is 11.0 Å². The van der Waals surface area contributed by atoms with Gasteiger partial charge < -0.3 is 5.32 Å². The van der Waals surface area contributed by atoms with E-state index in [0.29, 0.717) is 18.7 Å². The van der Waals surface area contributed by atoms with Crippen molar-refractivity contribution in [2.75, 3.05) is 6.54 Å². The van der Waals surface area contributed by atoms with Gasteiger partial charge in [0.05, 0.1) is 5.71 Å². The van der Waals surface area contributed by atoms with Gasteiger partial charge >= 0.3 is 0 Å². The van der Waals surface area contributed by atoms with Gasteiger partial charge in [-0.15, -0.1) is 0 Å². The monoisotopic (exact) mass is 153 g/mol. The average molecular weight is 153 g/mol. The molecule has 1 unspecified atom stereocenters. The summed E-state index contributed by atoms with van der Waals surface area (Å²) in [6.45, 7) is 0.586. The molecule has 1 saturated heterocycles. The fourth-order valence-corrected chi connectivity index (χ4v) is 1.29. The summed E-state index contributed by atoms with van der Waals surface area (Å²) in [5.41, 5.74) is 2.95. The van der Waals surface area contributed by atoms with Crippen molar-refractivity contribution < 1.29 is 9.59 Å². The van der Waals surface area contributed by atoms with Gasteiger partial charge in [0.15, 0.2) is 5.92 Å². The molecule has 0 saturated carbocycles. The SMILES string of the molecule is O=C1NCCC2=NNC(=O)C12. The molecule has 5 heteroatoms. The van der Waals surface area contributed by atoms with Crippen molar-refractivity contribution in [1.29, 1.82) is 0 Å². The summed E-state index contributed by atoms with van der Waals surface area (Å²) in [6, 6.07) is 0. The van der Waals surface area contributed by atoms with Gasteiger partial charge in [0, 0.05) is 13.0 Å². The molecule has 0 radical (unpaired) electrons. The lowest BCUT2D eigenvalue weighted by Crippen LogP contribution is -2.44. The van der Waals surface area contributed by atoms with Crippen LogP contribution in [0.3, 0.4) is 0 Å².